The van der Waals surface area contributed by atoms with Crippen LogP contribution in [0, 0.1) is 0 Å². The first-order valence-electron chi connectivity index (χ1n) is 8.32. The van der Waals surface area contributed by atoms with Crippen LogP contribution in [-0.2, 0) is 11.3 Å². The quantitative estimate of drug-likeness (QED) is 0.600. The molecular weight excluding hydrogens is 334 g/mol. The van der Waals surface area contributed by atoms with Crippen LogP contribution in [0.15, 0.2) is 43.0 Å². The molecule has 0 radical (unpaired) electrons. The molecule has 0 saturated heterocycles. The predicted molar refractivity (Wildman–Crippen MR) is 97.5 cm³/mol. The molecule has 1 atom stereocenters. The highest BCUT2D eigenvalue weighted by Gasteiger charge is 2.11. The van der Waals surface area contributed by atoms with Crippen LogP contribution in [0.25, 0.3) is 10.9 Å². The lowest BCUT2D eigenvalue weighted by Gasteiger charge is -2.12. The molecule has 0 spiro atoms. The van der Waals surface area contributed by atoms with Gasteiger partial charge in [-0.05, 0) is 36.4 Å². The summed E-state index contributed by atoms with van der Waals surface area (Å²) < 4.78 is 3.55. The second-order valence-corrected chi connectivity index (χ2v) is 6.16. The number of hydrogen-bond donors (Lipinski definition) is 3. The summed E-state index contributed by atoms with van der Waals surface area (Å²) >= 11 is 0. The van der Waals surface area contributed by atoms with Crippen molar-refractivity contribution in [2.24, 2.45) is 5.73 Å². The molecule has 0 aliphatic rings. The Morgan fingerprint density at radius 2 is 2.15 bits per heavy atom. The summed E-state index contributed by atoms with van der Waals surface area (Å²) in [4.78, 5) is 26.1. The first-order valence-corrected chi connectivity index (χ1v) is 8.32. The van der Waals surface area contributed by atoms with Crippen molar-refractivity contribution >= 4 is 28.4 Å². The topological polar surface area (TPSA) is 115 Å². The number of anilines is 1. The Morgan fingerprint density at radius 1 is 1.35 bits per heavy atom. The van der Waals surface area contributed by atoms with Gasteiger partial charge in [-0.25, -0.2) is 4.98 Å². The molecule has 2 amide bonds. The number of carbonyl (C=O) groups excluding carboxylic acids is 2. The molecule has 4 N–H and O–H groups in total. The van der Waals surface area contributed by atoms with Crippen molar-refractivity contribution in [3.05, 3.63) is 48.7 Å². The summed E-state index contributed by atoms with van der Waals surface area (Å²) in [5.41, 5.74) is 7.06. The van der Waals surface area contributed by atoms with E-state index in [1.807, 2.05) is 30.5 Å². The standard InChI is InChI=1S/C18H21N5O3/c1-12(24)21-14-5-4-13-6-8-22(16(13)9-14)7-2-3-17(25)23-10-15(18(19)26)20-11-23/h4-6,8-11,17,25H,2-3,7H2,1H3,(H2,19,26)(H,21,24)/t17-/m1/s1. The Balaban J connectivity index is 1.63. The average molecular weight is 355 g/mol. The van der Waals surface area contributed by atoms with Crippen LogP contribution in [0.2, 0.25) is 0 Å². The van der Waals surface area contributed by atoms with Crippen LogP contribution in [0.1, 0.15) is 36.5 Å². The van der Waals surface area contributed by atoms with Gasteiger partial charge in [-0.1, -0.05) is 6.07 Å². The molecule has 2 aromatic heterocycles. The number of aryl methyl sites for hydroxylation is 1. The van der Waals surface area contributed by atoms with E-state index in [1.165, 1.54) is 24.0 Å². The van der Waals surface area contributed by atoms with Gasteiger partial charge in [0, 0.05) is 31.5 Å². The van der Waals surface area contributed by atoms with Crippen molar-refractivity contribution in [2.45, 2.75) is 32.5 Å². The fourth-order valence-electron chi connectivity index (χ4n) is 2.88. The summed E-state index contributed by atoms with van der Waals surface area (Å²) in [7, 11) is 0. The summed E-state index contributed by atoms with van der Waals surface area (Å²) in [5.74, 6) is -0.731. The number of benzene rings is 1. The van der Waals surface area contributed by atoms with Crippen molar-refractivity contribution in [3.8, 4) is 0 Å². The van der Waals surface area contributed by atoms with Crippen molar-refractivity contribution < 1.29 is 14.7 Å². The Bertz CT molecular complexity index is 943. The third-order valence-corrected chi connectivity index (χ3v) is 4.15. The molecule has 2 heterocycles. The molecule has 26 heavy (non-hydrogen) atoms. The number of nitrogens with one attached hydrogen (secondary N) is 1. The van der Waals surface area contributed by atoms with Crippen LogP contribution in [0.5, 0.6) is 0 Å². The monoisotopic (exact) mass is 355 g/mol. The fourth-order valence-corrected chi connectivity index (χ4v) is 2.88. The molecule has 0 fully saturated rings. The summed E-state index contributed by atoms with van der Waals surface area (Å²) in [5, 5.41) is 14.1. The zero-order valence-corrected chi connectivity index (χ0v) is 14.4. The van der Waals surface area contributed by atoms with E-state index in [1.54, 1.807) is 0 Å². The Labute approximate surface area is 150 Å². The minimum atomic E-state index is -0.771. The minimum absolute atomic E-state index is 0.110. The van der Waals surface area contributed by atoms with Gasteiger partial charge in [-0.3, -0.25) is 9.59 Å². The number of rotatable bonds is 7. The molecule has 0 aliphatic carbocycles. The number of aromatic nitrogens is 3. The first-order chi connectivity index (χ1) is 12.4. The minimum Gasteiger partial charge on any atom is -0.373 e. The smallest absolute Gasteiger partial charge is 0.268 e. The molecule has 0 bridgehead atoms. The Hall–Kier alpha value is -3.13. The molecule has 0 unspecified atom stereocenters. The number of nitrogens with two attached hydrogens (primary N) is 1. The van der Waals surface area contributed by atoms with E-state index in [2.05, 4.69) is 14.9 Å². The molecule has 1 aromatic carbocycles. The van der Waals surface area contributed by atoms with E-state index in [-0.39, 0.29) is 11.6 Å². The molecule has 8 heteroatoms. The third kappa shape index (κ3) is 3.92. The number of aliphatic hydroxyl groups is 1. The number of fused-ring (bicyclic) bond motifs is 1. The van der Waals surface area contributed by atoms with E-state index < -0.39 is 12.1 Å². The van der Waals surface area contributed by atoms with Gasteiger partial charge in [-0.15, -0.1) is 0 Å². The lowest BCUT2D eigenvalue weighted by Crippen LogP contribution is -2.12. The Morgan fingerprint density at radius 3 is 2.85 bits per heavy atom. The number of carbonyl (C=O) groups is 2. The molecule has 0 saturated carbocycles. The lowest BCUT2D eigenvalue weighted by atomic mass is 10.2. The number of nitrogens with zero attached hydrogens (tertiary/aromatic N) is 3. The number of amides is 2. The molecular formula is C18H21N5O3. The molecule has 0 aliphatic heterocycles. The number of hydrogen-bond acceptors (Lipinski definition) is 4. The summed E-state index contributed by atoms with van der Waals surface area (Å²) in [6, 6.07) is 7.77. The molecule has 3 aromatic rings. The second kappa shape index (κ2) is 7.40. The van der Waals surface area contributed by atoms with Crippen LogP contribution < -0.4 is 11.1 Å². The summed E-state index contributed by atoms with van der Waals surface area (Å²) in [6.07, 6.45) is 5.27. The molecule has 8 nitrogen and oxygen atoms in total. The van der Waals surface area contributed by atoms with Crippen LogP contribution in [0.3, 0.4) is 0 Å². The summed E-state index contributed by atoms with van der Waals surface area (Å²) in [6.45, 7) is 2.19. The van der Waals surface area contributed by atoms with Crippen molar-refractivity contribution in [1.82, 2.24) is 14.1 Å². The van der Waals surface area contributed by atoms with Gasteiger partial charge in [0.25, 0.3) is 5.91 Å². The van der Waals surface area contributed by atoms with Crippen LogP contribution >= 0.6 is 0 Å². The Kier molecular flexibility index (Phi) is 5.04. The number of aliphatic hydroxyl groups excluding tert-OH is 1. The van der Waals surface area contributed by atoms with Crippen molar-refractivity contribution in [1.29, 1.82) is 0 Å². The zero-order valence-electron chi connectivity index (χ0n) is 14.4. The molecule has 136 valence electrons. The SMILES string of the molecule is CC(=O)Nc1ccc2ccn(CCC[C@@H](O)n3cnc(C(N)=O)c3)c2c1. The third-order valence-electron chi connectivity index (χ3n) is 4.15. The maximum atomic E-state index is 11.2. The van der Waals surface area contributed by atoms with E-state index in [4.69, 9.17) is 5.73 Å². The second-order valence-electron chi connectivity index (χ2n) is 6.16. The van der Waals surface area contributed by atoms with E-state index >= 15 is 0 Å². The van der Waals surface area contributed by atoms with Crippen molar-refractivity contribution in [2.75, 3.05) is 5.32 Å². The van der Waals surface area contributed by atoms with Gasteiger partial charge >= 0.3 is 0 Å². The average Bonchev–Trinajstić information content (AvgIpc) is 3.21. The highest BCUT2D eigenvalue weighted by atomic mass is 16.3. The fraction of sp³-hybridized carbons (Fsp3) is 0.278. The van der Waals surface area contributed by atoms with Gasteiger partial charge in [0.2, 0.25) is 5.91 Å². The van der Waals surface area contributed by atoms with E-state index in [9.17, 15) is 14.7 Å². The lowest BCUT2D eigenvalue weighted by molar-refractivity contribution is -0.114. The highest BCUT2D eigenvalue weighted by Crippen LogP contribution is 2.22. The van der Waals surface area contributed by atoms with Gasteiger partial charge in [-0.2, -0.15) is 0 Å². The highest BCUT2D eigenvalue weighted by molar-refractivity contribution is 5.92. The maximum Gasteiger partial charge on any atom is 0.268 e. The van der Waals surface area contributed by atoms with Gasteiger partial charge < -0.3 is 25.3 Å². The van der Waals surface area contributed by atoms with E-state index in [0.717, 1.165) is 23.0 Å². The largest absolute Gasteiger partial charge is 0.373 e. The van der Waals surface area contributed by atoms with Gasteiger partial charge in [0.1, 0.15) is 11.9 Å². The maximum absolute atomic E-state index is 11.2. The number of imidazole rings is 1. The van der Waals surface area contributed by atoms with Crippen LogP contribution in [-0.4, -0.2) is 31.0 Å². The zero-order chi connectivity index (χ0) is 18.7. The number of primary amides is 1. The van der Waals surface area contributed by atoms with E-state index in [0.29, 0.717) is 13.0 Å². The molecule has 3 rings (SSSR count). The van der Waals surface area contributed by atoms with Gasteiger partial charge in [0.05, 0.1) is 11.8 Å². The predicted octanol–water partition coefficient (Wildman–Crippen LogP) is 1.87. The van der Waals surface area contributed by atoms with Gasteiger partial charge in [0.15, 0.2) is 0 Å². The first kappa shape index (κ1) is 17.7. The van der Waals surface area contributed by atoms with Crippen LogP contribution in [0.4, 0.5) is 5.69 Å². The normalized spacial score (nSPS) is 12.2. The van der Waals surface area contributed by atoms with Crippen molar-refractivity contribution in [3.63, 3.8) is 0 Å².